The van der Waals surface area contributed by atoms with Crippen molar-refractivity contribution in [3.05, 3.63) is 26.9 Å². The van der Waals surface area contributed by atoms with Crippen molar-refractivity contribution in [1.82, 2.24) is 10.3 Å². The Morgan fingerprint density at radius 1 is 1.33 bits per heavy atom. The Morgan fingerprint density at radius 2 is 2.05 bits per heavy atom. The van der Waals surface area contributed by atoms with Gasteiger partial charge in [0, 0.05) is 28.5 Å². The Bertz CT molecular complexity index is 717. The van der Waals surface area contributed by atoms with E-state index in [9.17, 15) is 8.42 Å². The molecular weight excluding hydrogens is 326 g/mol. The lowest BCUT2D eigenvalue weighted by atomic mass is 10.3. The van der Waals surface area contributed by atoms with Crippen LogP contribution in [0.4, 0.5) is 5.13 Å². The molecule has 0 spiro atoms. The number of thiazole rings is 1. The number of nitrogens with one attached hydrogen (secondary N) is 2. The van der Waals surface area contributed by atoms with Crippen LogP contribution >= 0.6 is 22.7 Å². The van der Waals surface area contributed by atoms with E-state index in [4.69, 9.17) is 0 Å². The summed E-state index contributed by atoms with van der Waals surface area (Å²) in [6.07, 6.45) is 1.66. The van der Waals surface area contributed by atoms with Crippen molar-refractivity contribution in [2.24, 2.45) is 0 Å². The van der Waals surface area contributed by atoms with Crippen molar-refractivity contribution in [2.75, 3.05) is 4.72 Å². The molecule has 5 nitrogen and oxygen atoms in total. The van der Waals surface area contributed by atoms with Crippen LogP contribution in [0.1, 0.15) is 29.2 Å². The lowest BCUT2D eigenvalue weighted by molar-refractivity contribution is 0.581. The molecule has 0 aliphatic rings. The predicted molar refractivity (Wildman–Crippen MR) is 88.7 cm³/mol. The van der Waals surface area contributed by atoms with Gasteiger partial charge >= 0.3 is 0 Å². The molecule has 0 atom stereocenters. The highest BCUT2D eigenvalue weighted by atomic mass is 32.2. The highest BCUT2D eigenvalue weighted by Gasteiger charge is 2.24. The first-order valence-electron chi connectivity index (χ1n) is 6.55. The monoisotopic (exact) mass is 345 g/mol. The zero-order valence-electron chi connectivity index (χ0n) is 12.4. The first-order valence-corrected chi connectivity index (χ1v) is 9.73. The minimum atomic E-state index is -3.60. The van der Waals surface area contributed by atoms with E-state index < -0.39 is 10.0 Å². The average Bonchev–Trinajstić information content (AvgIpc) is 2.93. The number of thiophene rings is 1. The molecule has 116 valence electrons. The fraction of sp³-hybridized carbons (Fsp3) is 0.462. The van der Waals surface area contributed by atoms with E-state index in [-0.39, 0.29) is 0 Å². The summed E-state index contributed by atoms with van der Waals surface area (Å²) >= 11 is 2.79. The van der Waals surface area contributed by atoms with E-state index >= 15 is 0 Å². The lowest BCUT2D eigenvalue weighted by Crippen LogP contribution is -2.23. The van der Waals surface area contributed by atoms with Crippen molar-refractivity contribution in [3.63, 3.8) is 0 Å². The molecule has 0 bridgehead atoms. The summed E-state index contributed by atoms with van der Waals surface area (Å²) in [7, 11) is -3.60. The quantitative estimate of drug-likeness (QED) is 0.844. The zero-order chi connectivity index (χ0) is 15.6. The van der Waals surface area contributed by atoms with Crippen LogP contribution in [-0.4, -0.2) is 19.4 Å². The van der Waals surface area contributed by atoms with Gasteiger partial charge in [-0.1, -0.05) is 13.8 Å². The molecule has 2 N–H and O–H groups in total. The van der Waals surface area contributed by atoms with Crippen LogP contribution in [0.25, 0.3) is 0 Å². The molecule has 2 aromatic heterocycles. The second kappa shape index (κ2) is 6.43. The molecule has 0 aromatic carbocycles. The van der Waals surface area contributed by atoms with Crippen molar-refractivity contribution in [3.8, 4) is 0 Å². The molecule has 0 radical (unpaired) electrons. The van der Waals surface area contributed by atoms with Crippen LogP contribution in [0.2, 0.25) is 0 Å². The maximum absolute atomic E-state index is 12.6. The van der Waals surface area contributed by atoms with Crippen LogP contribution in [-0.2, 0) is 16.6 Å². The van der Waals surface area contributed by atoms with E-state index in [1.54, 1.807) is 6.20 Å². The van der Waals surface area contributed by atoms with Gasteiger partial charge < -0.3 is 5.32 Å². The van der Waals surface area contributed by atoms with Crippen molar-refractivity contribution in [1.29, 1.82) is 0 Å². The Labute approximate surface area is 133 Å². The number of anilines is 1. The summed E-state index contributed by atoms with van der Waals surface area (Å²) in [4.78, 5) is 6.22. The summed E-state index contributed by atoms with van der Waals surface area (Å²) in [5.74, 6) is 0. The van der Waals surface area contributed by atoms with Gasteiger partial charge in [0.15, 0.2) is 5.13 Å². The molecule has 2 rings (SSSR count). The summed E-state index contributed by atoms with van der Waals surface area (Å²) < 4.78 is 27.8. The molecule has 0 saturated carbocycles. The van der Waals surface area contributed by atoms with Crippen LogP contribution < -0.4 is 10.0 Å². The molecule has 0 amide bonds. The SMILES string of the molecule is Cc1cnc(NS(=O)(=O)c2c(C)csc2CNC(C)C)s1. The number of sulfonamides is 1. The molecule has 0 saturated heterocycles. The third-order valence-corrected chi connectivity index (χ3v) is 6.53. The third-order valence-electron chi connectivity index (χ3n) is 2.77. The van der Waals surface area contributed by atoms with Gasteiger partial charge in [-0.25, -0.2) is 13.4 Å². The number of nitrogens with zero attached hydrogens (tertiary/aromatic N) is 1. The van der Waals surface area contributed by atoms with Crippen LogP contribution in [0.3, 0.4) is 0 Å². The van der Waals surface area contributed by atoms with Crippen LogP contribution in [0.15, 0.2) is 16.5 Å². The smallest absolute Gasteiger partial charge is 0.265 e. The van der Waals surface area contributed by atoms with E-state index in [0.29, 0.717) is 22.6 Å². The first kappa shape index (κ1) is 16.4. The minimum Gasteiger partial charge on any atom is -0.310 e. The molecule has 0 fully saturated rings. The van der Waals surface area contributed by atoms with Crippen molar-refractivity contribution < 1.29 is 8.42 Å². The maximum Gasteiger partial charge on any atom is 0.265 e. The van der Waals surface area contributed by atoms with Crippen LogP contribution in [0.5, 0.6) is 0 Å². The normalized spacial score (nSPS) is 12.0. The summed E-state index contributed by atoms with van der Waals surface area (Å²) in [6.45, 7) is 8.32. The molecule has 2 aromatic rings. The van der Waals surface area contributed by atoms with Gasteiger partial charge in [0.1, 0.15) is 4.90 Å². The molecule has 0 aliphatic heterocycles. The maximum atomic E-state index is 12.6. The molecular formula is C13H19N3O2S3. The fourth-order valence-corrected chi connectivity index (χ4v) is 5.51. The Morgan fingerprint density at radius 3 is 2.62 bits per heavy atom. The standard InChI is InChI=1S/C13H19N3O2S3/c1-8(2)14-6-11-12(9(3)7-19-11)21(17,18)16-13-15-5-10(4)20-13/h5,7-8,14H,6H2,1-4H3,(H,15,16). The molecule has 2 heterocycles. The van der Waals surface area contributed by atoms with Gasteiger partial charge in [0.05, 0.1) is 0 Å². The van der Waals surface area contributed by atoms with Gasteiger partial charge in [0.25, 0.3) is 10.0 Å². The highest BCUT2D eigenvalue weighted by Crippen LogP contribution is 2.29. The molecule has 0 aliphatic carbocycles. The van der Waals surface area contributed by atoms with Crippen molar-refractivity contribution >= 4 is 37.8 Å². The van der Waals surface area contributed by atoms with E-state index in [1.807, 2.05) is 33.1 Å². The summed E-state index contributed by atoms with van der Waals surface area (Å²) in [5, 5.41) is 5.54. The van der Waals surface area contributed by atoms with Gasteiger partial charge in [0.2, 0.25) is 0 Å². The largest absolute Gasteiger partial charge is 0.310 e. The number of aryl methyl sites for hydroxylation is 2. The number of rotatable bonds is 6. The molecule has 8 heteroatoms. The number of aromatic nitrogens is 1. The highest BCUT2D eigenvalue weighted by molar-refractivity contribution is 7.93. The fourth-order valence-electron chi connectivity index (χ4n) is 1.83. The van der Waals surface area contributed by atoms with Crippen molar-refractivity contribution in [2.45, 2.75) is 45.2 Å². The topological polar surface area (TPSA) is 71.1 Å². The summed E-state index contributed by atoms with van der Waals surface area (Å²) in [6, 6.07) is 0.303. The minimum absolute atomic E-state index is 0.303. The zero-order valence-corrected chi connectivity index (χ0v) is 14.9. The first-order chi connectivity index (χ1) is 9.79. The Hall–Kier alpha value is -0.960. The van der Waals surface area contributed by atoms with Gasteiger partial charge in [-0.15, -0.1) is 22.7 Å². The summed E-state index contributed by atoms with van der Waals surface area (Å²) in [5.41, 5.74) is 0.765. The van der Waals surface area contributed by atoms with Gasteiger partial charge in [-0.3, -0.25) is 4.72 Å². The van der Waals surface area contributed by atoms with E-state index in [2.05, 4.69) is 15.0 Å². The Balaban J connectivity index is 2.28. The van der Waals surface area contributed by atoms with Gasteiger partial charge in [-0.05, 0) is 24.8 Å². The predicted octanol–water partition coefficient (Wildman–Crippen LogP) is 3.12. The van der Waals surface area contributed by atoms with E-state index in [1.165, 1.54) is 22.7 Å². The van der Waals surface area contributed by atoms with E-state index in [0.717, 1.165) is 15.3 Å². The lowest BCUT2D eigenvalue weighted by Gasteiger charge is -2.10. The van der Waals surface area contributed by atoms with Gasteiger partial charge in [-0.2, -0.15) is 0 Å². The molecule has 0 unspecified atom stereocenters. The average molecular weight is 346 g/mol. The second-order valence-corrected chi connectivity index (χ2v) is 8.91. The number of hydrogen-bond donors (Lipinski definition) is 2. The second-order valence-electron chi connectivity index (χ2n) is 5.09. The third kappa shape index (κ3) is 4.03. The molecule has 21 heavy (non-hydrogen) atoms. The Kier molecular flexibility index (Phi) is 5.03. The van der Waals surface area contributed by atoms with Crippen LogP contribution in [0, 0.1) is 13.8 Å². The number of hydrogen-bond acceptors (Lipinski definition) is 6.